The maximum atomic E-state index is 5.41. The van der Waals surface area contributed by atoms with Crippen molar-refractivity contribution < 1.29 is 5.48 Å². The van der Waals surface area contributed by atoms with E-state index in [1.54, 1.807) is 0 Å². The number of rotatable bonds is 1. The molecular weight excluding hydrogens is 145 g/mol. The quantitative estimate of drug-likeness (QED) is 0.565. The van der Waals surface area contributed by atoms with Crippen molar-refractivity contribution >= 4 is 14.5 Å². The molecule has 0 bridgehead atoms. The Morgan fingerprint density at radius 3 is 2.50 bits per heavy atom. The molecule has 4 N–H and O–H groups in total. The zero-order valence-electron chi connectivity index (χ0n) is 5.67. The van der Waals surface area contributed by atoms with Crippen LogP contribution in [-0.2, 0) is 6.54 Å². The largest absolute Gasteiger partial charge is 0.412 e. The molecule has 0 spiro atoms. The molecule has 0 heterocycles. The predicted octanol–water partition coefficient (Wildman–Crippen LogP) is -0.179. The molecule has 1 aromatic carbocycles. The van der Waals surface area contributed by atoms with Gasteiger partial charge in [0.2, 0.25) is 0 Å². The summed E-state index contributed by atoms with van der Waals surface area (Å²) in [6, 6.07) is 8.12. The van der Waals surface area contributed by atoms with E-state index in [1.165, 1.54) is 10.9 Å². The topological polar surface area (TPSA) is 57.5 Å². The second-order valence-electron chi connectivity index (χ2n) is 1.95. The molecule has 0 aliphatic heterocycles. The van der Waals surface area contributed by atoms with Crippen LogP contribution < -0.4 is 11.0 Å². The van der Waals surface area contributed by atoms with Crippen LogP contribution in [0.15, 0.2) is 24.3 Å². The zero-order chi connectivity index (χ0) is 6.69. The van der Waals surface area contributed by atoms with E-state index in [0.717, 1.165) is 0 Å². The molecule has 0 amide bonds. The van der Waals surface area contributed by atoms with Gasteiger partial charge in [0.25, 0.3) is 0 Å². The van der Waals surface area contributed by atoms with Crippen molar-refractivity contribution in [1.29, 1.82) is 0 Å². The van der Waals surface area contributed by atoms with Crippen LogP contribution in [0.5, 0.6) is 0 Å². The van der Waals surface area contributed by atoms with Gasteiger partial charge in [-0.3, -0.25) is 0 Å². The Morgan fingerprint density at radius 1 is 1.40 bits per heavy atom. The van der Waals surface area contributed by atoms with Crippen molar-refractivity contribution in [3.05, 3.63) is 29.8 Å². The predicted molar refractivity (Wildman–Crippen MR) is 47.3 cm³/mol. The third-order valence-corrected chi connectivity index (χ3v) is 1.55. The fourth-order valence-electron chi connectivity index (χ4n) is 0.720. The maximum absolute atomic E-state index is 5.41. The van der Waals surface area contributed by atoms with E-state index < -0.39 is 0 Å². The summed E-state index contributed by atoms with van der Waals surface area (Å²) < 4.78 is 0. The zero-order valence-corrected chi connectivity index (χ0v) is 6.83. The van der Waals surface area contributed by atoms with E-state index in [4.69, 9.17) is 5.73 Å². The monoisotopic (exact) mass is 157 g/mol. The number of hydrogen-bond donors (Lipinski definition) is 1. The molecule has 10 heavy (non-hydrogen) atoms. The first-order valence-corrected chi connectivity index (χ1v) is 3.45. The summed E-state index contributed by atoms with van der Waals surface area (Å²) >= 11 is 0. The summed E-state index contributed by atoms with van der Waals surface area (Å²) in [5.41, 5.74) is 6.59. The first-order valence-electron chi connectivity index (χ1n) is 2.87. The number of hydrogen-bond acceptors (Lipinski definition) is 1. The molecular formula is C7H12NOP. The minimum atomic E-state index is 0. The molecule has 2 nitrogen and oxygen atoms in total. The van der Waals surface area contributed by atoms with Crippen LogP contribution in [0.4, 0.5) is 0 Å². The summed E-state index contributed by atoms with van der Waals surface area (Å²) in [5, 5.41) is 1.19. The molecule has 0 aliphatic carbocycles. The lowest BCUT2D eigenvalue weighted by atomic mass is 10.2. The van der Waals surface area contributed by atoms with Crippen LogP contribution in [0.25, 0.3) is 0 Å². The summed E-state index contributed by atoms with van der Waals surface area (Å²) in [4.78, 5) is 0. The summed E-state index contributed by atoms with van der Waals surface area (Å²) in [5.74, 6) is 0. The lowest BCUT2D eigenvalue weighted by Crippen LogP contribution is -1.99. The summed E-state index contributed by atoms with van der Waals surface area (Å²) in [6.45, 7) is 0.627. The fraction of sp³-hybridized carbons (Fsp3) is 0.143. The van der Waals surface area contributed by atoms with Crippen molar-refractivity contribution in [2.24, 2.45) is 5.73 Å². The molecule has 1 rings (SSSR count). The molecule has 0 fully saturated rings. The van der Waals surface area contributed by atoms with Crippen molar-refractivity contribution in [3.8, 4) is 0 Å². The van der Waals surface area contributed by atoms with Crippen LogP contribution in [0, 0.1) is 0 Å². The van der Waals surface area contributed by atoms with Gasteiger partial charge in [-0.05, 0) is 10.9 Å². The molecule has 56 valence electrons. The Labute approximate surface area is 62.9 Å². The van der Waals surface area contributed by atoms with Gasteiger partial charge in [-0.25, -0.2) is 0 Å². The van der Waals surface area contributed by atoms with Gasteiger partial charge < -0.3 is 11.2 Å². The van der Waals surface area contributed by atoms with Crippen LogP contribution in [0.3, 0.4) is 0 Å². The average molecular weight is 157 g/mol. The fourth-order valence-corrected chi connectivity index (χ4v) is 1.05. The van der Waals surface area contributed by atoms with E-state index in [2.05, 4.69) is 15.3 Å². The van der Waals surface area contributed by atoms with Gasteiger partial charge in [0, 0.05) is 6.54 Å². The lowest BCUT2D eigenvalue weighted by Gasteiger charge is -1.95. The van der Waals surface area contributed by atoms with Crippen molar-refractivity contribution in [2.45, 2.75) is 6.54 Å². The number of nitrogens with two attached hydrogens (primary N) is 1. The molecule has 0 saturated carbocycles. The second kappa shape index (κ2) is 4.40. The standard InChI is InChI=1S/C7H10NP.H2O/c8-5-6-2-1-3-7(9)4-6;/h1-4H,5,8-9H2;1H2. The van der Waals surface area contributed by atoms with Gasteiger partial charge in [-0.1, -0.05) is 24.3 Å². The van der Waals surface area contributed by atoms with Crippen LogP contribution in [0.1, 0.15) is 5.56 Å². The van der Waals surface area contributed by atoms with Crippen LogP contribution in [-0.4, -0.2) is 5.48 Å². The second-order valence-corrected chi connectivity index (χ2v) is 2.62. The minimum Gasteiger partial charge on any atom is -0.412 e. The van der Waals surface area contributed by atoms with Gasteiger partial charge in [0.05, 0.1) is 0 Å². The maximum Gasteiger partial charge on any atom is 0.0178 e. The first kappa shape index (κ1) is 9.57. The smallest absolute Gasteiger partial charge is 0.0178 e. The van der Waals surface area contributed by atoms with Gasteiger partial charge in [0.1, 0.15) is 0 Å². The van der Waals surface area contributed by atoms with Crippen molar-refractivity contribution in [2.75, 3.05) is 0 Å². The van der Waals surface area contributed by atoms with Crippen LogP contribution in [0.2, 0.25) is 0 Å². The van der Waals surface area contributed by atoms with Gasteiger partial charge >= 0.3 is 0 Å². The van der Waals surface area contributed by atoms with Gasteiger partial charge in [0.15, 0.2) is 0 Å². The third kappa shape index (κ3) is 2.44. The average Bonchev–Trinajstić information content (AvgIpc) is 1.88. The molecule has 0 aliphatic rings. The van der Waals surface area contributed by atoms with Gasteiger partial charge in [-0.2, -0.15) is 0 Å². The Hall–Kier alpha value is -0.430. The van der Waals surface area contributed by atoms with Crippen molar-refractivity contribution in [1.82, 2.24) is 0 Å². The summed E-state index contributed by atoms with van der Waals surface area (Å²) in [6.07, 6.45) is 0. The Morgan fingerprint density at radius 2 is 2.10 bits per heavy atom. The highest BCUT2D eigenvalue weighted by Crippen LogP contribution is 1.96. The molecule has 0 radical (unpaired) electrons. The van der Waals surface area contributed by atoms with E-state index >= 15 is 0 Å². The highest BCUT2D eigenvalue weighted by molar-refractivity contribution is 7.27. The molecule has 1 aromatic rings. The van der Waals surface area contributed by atoms with Crippen molar-refractivity contribution in [3.63, 3.8) is 0 Å². The highest BCUT2D eigenvalue weighted by atomic mass is 31.0. The van der Waals surface area contributed by atoms with Crippen LogP contribution >= 0.6 is 9.24 Å². The van der Waals surface area contributed by atoms with E-state index in [-0.39, 0.29) is 5.48 Å². The Kier molecular flexibility index (Phi) is 4.21. The molecule has 0 aromatic heterocycles. The summed E-state index contributed by atoms with van der Waals surface area (Å²) in [7, 11) is 2.64. The SMILES string of the molecule is NCc1cccc(P)c1.O. The Balaban J connectivity index is 0.000000810. The normalized spacial score (nSPS) is 8.60. The first-order chi connectivity index (χ1) is 4.33. The molecule has 1 unspecified atom stereocenters. The third-order valence-electron chi connectivity index (χ3n) is 1.19. The molecule has 0 saturated heterocycles. The van der Waals surface area contributed by atoms with Gasteiger partial charge in [-0.15, -0.1) is 9.24 Å². The molecule has 3 heteroatoms. The van der Waals surface area contributed by atoms with E-state index in [1.807, 2.05) is 18.2 Å². The Bertz CT molecular complexity index is 203. The van der Waals surface area contributed by atoms with E-state index in [9.17, 15) is 0 Å². The number of benzene rings is 1. The molecule has 1 atom stereocenters. The minimum absolute atomic E-state index is 0. The van der Waals surface area contributed by atoms with E-state index in [0.29, 0.717) is 6.54 Å². The highest BCUT2D eigenvalue weighted by Gasteiger charge is 1.86. The lowest BCUT2D eigenvalue weighted by molar-refractivity contribution is 0.824.